The number of pyridine rings is 1. The molecule has 3 N–H and O–H groups in total. The first kappa shape index (κ1) is 17.5. The SMILES string of the molecule is Nc1c(Nc2ccc(Cl)cc2)ncnc1Oc1ccc(Br)c2cccnc12. The van der Waals surface area contributed by atoms with E-state index in [4.69, 9.17) is 22.1 Å². The van der Waals surface area contributed by atoms with Gasteiger partial charge >= 0.3 is 0 Å². The molecule has 0 unspecified atom stereocenters. The number of nitrogens with one attached hydrogen (secondary N) is 1. The van der Waals surface area contributed by atoms with Gasteiger partial charge in [0.15, 0.2) is 11.6 Å². The third-order valence-electron chi connectivity index (χ3n) is 3.84. The lowest BCUT2D eigenvalue weighted by Crippen LogP contribution is -2.03. The Bertz CT molecular complexity index is 1120. The molecule has 2 aromatic heterocycles. The predicted molar refractivity (Wildman–Crippen MR) is 111 cm³/mol. The van der Waals surface area contributed by atoms with Crippen molar-refractivity contribution in [2.75, 3.05) is 11.1 Å². The lowest BCUT2D eigenvalue weighted by molar-refractivity contribution is 0.469. The van der Waals surface area contributed by atoms with Crippen LogP contribution in [0.4, 0.5) is 17.2 Å². The standard InChI is InChI=1S/C19H13BrClN5O/c20-14-7-8-15(17-13(14)2-1-9-23-17)27-19-16(22)18(24-10-25-19)26-12-5-3-11(21)4-6-12/h1-10H,22H2,(H,24,25,26). The quantitative estimate of drug-likeness (QED) is 0.430. The van der Waals surface area contributed by atoms with Crippen molar-refractivity contribution in [3.05, 3.63) is 70.6 Å². The Hall–Kier alpha value is -2.90. The normalized spacial score (nSPS) is 10.7. The molecule has 0 amide bonds. The zero-order chi connectivity index (χ0) is 18.8. The molecule has 134 valence electrons. The molecule has 0 atom stereocenters. The maximum Gasteiger partial charge on any atom is 0.248 e. The summed E-state index contributed by atoms with van der Waals surface area (Å²) in [4.78, 5) is 12.8. The van der Waals surface area contributed by atoms with Crippen molar-refractivity contribution in [2.45, 2.75) is 0 Å². The van der Waals surface area contributed by atoms with E-state index in [1.54, 1.807) is 18.3 Å². The maximum absolute atomic E-state index is 6.21. The van der Waals surface area contributed by atoms with Gasteiger partial charge in [-0.15, -0.1) is 0 Å². The van der Waals surface area contributed by atoms with E-state index in [0.717, 1.165) is 15.5 Å². The molecule has 0 fully saturated rings. The van der Waals surface area contributed by atoms with Gasteiger partial charge in [-0.2, -0.15) is 4.98 Å². The van der Waals surface area contributed by atoms with Gasteiger partial charge in [-0.1, -0.05) is 33.6 Å². The number of rotatable bonds is 4. The van der Waals surface area contributed by atoms with Gasteiger partial charge in [-0.05, 0) is 42.5 Å². The number of aromatic nitrogens is 3. The van der Waals surface area contributed by atoms with Gasteiger partial charge in [0.05, 0.1) is 0 Å². The lowest BCUT2D eigenvalue weighted by Gasteiger charge is -2.13. The van der Waals surface area contributed by atoms with Crippen LogP contribution >= 0.6 is 27.5 Å². The van der Waals surface area contributed by atoms with E-state index < -0.39 is 0 Å². The third kappa shape index (κ3) is 3.65. The Morgan fingerprint density at radius 3 is 2.63 bits per heavy atom. The molecule has 4 rings (SSSR count). The Balaban J connectivity index is 1.68. The highest BCUT2D eigenvalue weighted by Gasteiger charge is 2.13. The van der Waals surface area contributed by atoms with E-state index in [9.17, 15) is 0 Å². The predicted octanol–water partition coefficient (Wildman–Crippen LogP) is 5.56. The van der Waals surface area contributed by atoms with Gasteiger partial charge in [0.1, 0.15) is 17.5 Å². The van der Waals surface area contributed by atoms with Crippen LogP contribution in [-0.2, 0) is 0 Å². The summed E-state index contributed by atoms with van der Waals surface area (Å²) in [5.41, 5.74) is 8.01. The lowest BCUT2D eigenvalue weighted by atomic mass is 10.2. The van der Waals surface area contributed by atoms with E-state index in [-0.39, 0.29) is 5.88 Å². The molecule has 0 aliphatic heterocycles. The molecule has 2 aromatic carbocycles. The van der Waals surface area contributed by atoms with E-state index in [0.29, 0.717) is 27.8 Å². The molecule has 6 nitrogen and oxygen atoms in total. The van der Waals surface area contributed by atoms with Crippen molar-refractivity contribution >= 4 is 55.6 Å². The van der Waals surface area contributed by atoms with Gasteiger partial charge < -0.3 is 15.8 Å². The van der Waals surface area contributed by atoms with Crippen LogP contribution in [-0.4, -0.2) is 15.0 Å². The van der Waals surface area contributed by atoms with Crippen LogP contribution in [0.25, 0.3) is 10.9 Å². The second-order valence-electron chi connectivity index (χ2n) is 5.62. The molecule has 4 aromatic rings. The van der Waals surface area contributed by atoms with Gasteiger partial charge in [-0.25, -0.2) is 4.98 Å². The van der Waals surface area contributed by atoms with E-state index >= 15 is 0 Å². The molecule has 0 aliphatic rings. The molecule has 0 spiro atoms. The Morgan fingerprint density at radius 1 is 1.00 bits per heavy atom. The first-order chi connectivity index (χ1) is 13.1. The van der Waals surface area contributed by atoms with E-state index in [2.05, 4.69) is 36.2 Å². The molecule has 0 radical (unpaired) electrons. The summed E-state index contributed by atoms with van der Waals surface area (Å²) in [5, 5.41) is 4.71. The molecule has 0 bridgehead atoms. The Kier molecular flexibility index (Phi) is 4.79. The first-order valence-electron chi connectivity index (χ1n) is 7.96. The number of ether oxygens (including phenoxy) is 1. The second-order valence-corrected chi connectivity index (χ2v) is 6.91. The number of nitrogen functional groups attached to an aromatic ring is 1. The fourth-order valence-electron chi connectivity index (χ4n) is 2.53. The van der Waals surface area contributed by atoms with Crippen LogP contribution in [0.1, 0.15) is 0 Å². The zero-order valence-electron chi connectivity index (χ0n) is 13.9. The van der Waals surface area contributed by atoms with Crippen LogP contribution in [0.3, 0.4) is 0 Å². The first-order valence-corrected chi connectivity index (χ1v) is 9.13. The molecular weight excluding hydrogens is 430 g/mol. The minimum absolute atomic E-state index is 0.246. The van der Waals surface area contributed by atoms with Crippen molar-refractivity contribution in [3.8, 4) is 11.6 Å². The van der Waals surface area contributed by atoms with Crippen LogP contribution in [0, 0.1) is 0 Å². The van der Waals surface area contributed by atoms with Crippen LogP contribution in [0.15, 0.2) is 65.5 Å². The molecule has 0 saturated heterocycles. The highest BCUT2D eigenvalue weighted by Crippen LogP contribution is 2.35. The average molecular weight is 443 g/mol. The number of hydrogen-bond acceptors (Lipinski definition) is 6. The smallest absolute Gasteiger partial charge is 0.248 e. The summed E-state index contributed by atoms with van der Waals surface area (Å²) >= 11 is 9.43. The molecular formula is C19H13BrClN5O. The number of fused-ring (bicyclic) bond motifs is 1. The van der Waals surface area contributed by atoms with Crippen LogP contribution in [0.5, 0.6) is 11.6 Å². The molecule has 8 heteroatoms. The summed E-state index contributed by atoms with van der Waals surface area (Å²) in [5.74, 6) is 1.24. The minimum atomic E-state index is 0.246. The highest BCUT2D eigenvalue weighted by molar-refractivity contribution is 9.10. The zero-order valence-corrected chi connectivity index (χ0v) is 16.2. The number of benzene rings is 2. The van der Waals surface area contributed by atoms with Gasteiger partial charge in [0, 0.05) is 26.8 Å². The fraction of sp³-hybridized carbons (Fsp3) is 0. The van der Waals surface area contributed by atoms with Crippen molar-refractivity contribution in [3.63, 3.8) is 0 Å². The number of nitrogens with two attached hydrogens (primary N) is 1. The van der Waals surface area contributed by atoms with Gasteiger partial charge in [0.2, 0.25) is 5.88 Å². The highest BCUT2D eigenvalue weighted by atomic mass is 79.9. The third-order valence-corrected chi connectivity index (χ3v) is 4.78. The molecule has 27 heavy (non-hydrogen) atoms. The maximum atomic E-state index is 6.21. The van der Waals surface area contributed by atoms with Crippen molar-refractivity contribution in [1.29, 1.82) is 0 Å². The van der Waals surface area contributed by atoms with Crippen molar-refractivity contribution in [2.24, 2.45) is 0 Å². The number of nitrogens with zero attached hydrogens (tertiary/aromatic N) is 3. The van der Waals surface area contributed by atoms with Crippen LogP contribution < -0.4 is 15.8 Å². The topological polar surface area (TPSA) is 86.0 Å². The minimum Gasteiger partial charge on any atom is -0.435 e. The fourth-order valence-corrected chi connectivity index (χ4v) is 3.11. The number of anilines is 3. The Morgan fingerprint density at radius 2 is 1.81 bits per heavy atom. The van der Waals surface area contributed by atoms with Crippen molar-refractivity contribution in [1.82, 2.24) is 15.0 Å². The van der Waals surface area contributed by atoms with E-state index in [1.807, 2.05) is 36.4 Å². The summed E-state index contributed by atoms with van der Waals surface area (Å²) in [6.07, 6.45) is 3.09. The largest absolute Gasteiger partial charge is 0.435 e. The summed E-state index contributed by atoms with van der Waals surface area (Å²) in [6, 6.07) is 14.7. The van der Waals surface area contributed by atoms with Crippen molar-refractivity contribution < 1.29 is 4.74 Å². The van der Waals surface area contributed by atoms with Gasteiger partial charge in [0.25, 0.3) is 0 Å². The van der Waals surface area contributed by atoms with Crippen LogP contribution in [0.2, 0.25) is 5.02 Å². The summed E-state index contributed by atoms with van der Waals surface area (Å²) in [7, 11) is 0. The summed E-state index contributed by atoms with van der Waals surface area (Å²) in [6.45, 7) is 0. The molecule has 0 aliphatic carbocycles. The average Bonchev–Trinajstić information content (AvgIpc) is 2.69. The number of hydrogen-bond donors (Lipinski definition) is 2. The summed E-state index contributed by atoms with van der Waals surface area (Å²) < 4.78 is 6.88. The molecule has 0 saturated carbocycles. The second kappa shape index (κ2) is 7.38. The van der Waals surface area contributed by atoms with Gasteiger partial charge in [-0.3, -0.25) is 4.98 Å². The number of halogens is 2. The Labute approximate surface area is 168 Å². The van der Waals surface area contributed by atoms with E-state index in [1.165, 1.54) is 6.33 Å². The monoisotopic (exact) mass is 441 g/mol. The molecule has 2 heterocycles.